The van der Waals surface area contributed by atoms with Gasteiger partial charge in [-0.25, -0.2) is 13.2 Å². The fraction of sp³-hybridized carbons (Fsp3) is 0.545. The lowest BCUT2D eigenvalue weighted by Crippen LogP contribution is -2.39. The van der Waals surface area contributed by atoms with Crippen LogP contribution in [0.4, 0.5) is 0 Å². The summed E-state index contributed by atoms with van der Waals surface area (Å²) in [6, 6.07) is -0.315. The van der Waals surface area contributed by atoms with Gasteiger partial charge in [-0.1, -0.05) is 0 Å². The van der Waals surface area contributed by atoms with Crippen LogP contribution in [0.1, 0.15) is 30.1 Å². The summed E-state index contributed by atoms with van der Waals surface area (Å²) in [6.45, 7) is 1.31. The van der Waals surface area contributed by atoms with Crippen LogP contribution in [-0.4, -0.2) is 59.2 Å². The average Bonchev–Trinajstić information content (AvgIpc) is 3.10. The summed E-state index contributed by atoms with van der Waals surface area (Å²) in [6.07, 6.45) is 2.16. The Kier molecular flexibility index (Phi) is 4.28. The van der Waals surface area contributed by atoms with Crippen molar-refractivity contribution in [1.29, 1.82) is 0 Å². The Morgan fingerprint density at radius 2 is 2.19 bits per heavy atom. The maximum atomic E-state index is 12.5. The van der Waals surface area contributed by atoms with Crippen LogP contribution in [0.15, 0.2) is 11.2 Å². The third-order valence-corrected chi connectivity index (χ3v) is 4.82. The number of aromatic carboxylic acids is 1. The van der Waals surface area contributed by atoms with Crippen LogP contribution >= 0.6 is 0 Å². The van der Waals surface area contributed by atoms with E-state index in [4.69, 9.17) is 9.84 Å². The number of ether oxygens (including phenoxy) is 1. The molecular weight excluding hydrogens is 302 g/mol. The quantitative estimate of drug-likeness (QED) is 0.667. The molecule has 0 atom stereocenters. The molecule has 1 fully saturated rings. The molecule has 1 saturated carbocycles. The number of esters is 1. The van der Waals surface area contributed by atoms with Gasteiger partial charge in [0.2, 0.25) is 0 Å². The standard InChI is InChI=1S/C11H15N3O6S/c1-2-20-9(15)6-14(7-3-4-7)21(18,19)10-8(11(16)17)5-12-13-10/h5,7H,2-4,6H2,1H3,(H,12,13)(H,16,17). The Labute approximate surface area is 120 Å². The normalized spacial score (nSPS) is 15.1. The molecule has 0 aromatic carbocycles. The van der Waals surface area contributed by atoms with Gasteiger partial charge >= 0.3 is 11.9 Å². The number of aromatic nitrogens is 2. The van der Waals surface area contributed by atoms with E-state index in [0.29, 0.717) is 12.8 Å². The molecule has 0 bridgehead atoms. The monoisotopic (exact) mass is 317 g/mol. The largest absolute Gasteiger partial charge is 0.478 e. The highest BCUT2D eigenvalue weighted by molar-refractivity contribution is 7.89. The molecule has 0 amide bonds. The van der Waals surface area contributed by atoms with Gasteiger partial charge < -0.3 is 9.84 Å². The van der Waals surface area contributed by atoms with Gasteiger partial charge in [0.05, 0.1) is 12.8 Å². The van der Waals surface area contributed by atoms with E-state index in [1.54, 1.807) is 6.92 Å². The van der Waals surface area contributed by atoms with Crippen molar-refractivity contribution in [1.82, 2.24) is 14.5 Å². The van der Waals surface area contributed by atoms with Crippen LogP contribution in [0.3, 0.4) is 0 Å². The number of hydrogen-bond acceptors (Lipinski definition) is 6. The molecule has 21 heavy (non-hydrogen) atoms. The van der Waals surface area contributed by atoms with Crippen molar-refractivity contribution in [2.75, 3.05) is 13.2 Å². The minimum atomic E-state index is -4.15. The van der Waals surface area contributed by atoms with Crippen LogP contribution in [-0.2, 0) is 19.6 Å². The van der Waals surface area contributed by atoms with Gasteiger partial charge in [0.1, 0.15) is 12.1 Å². The highest BCUT2D eigenvalue weighted by Crippen LogP contribution is 2.32. The molecule has 1 aliphatic rings. The molecule has 1 aromatic heterocycles. The number of carbonyl (C=O) groups is 2. The zero-order valence-electron chi connectivity index (χ0n) is 11.3. The summed E-state index contributed by atoms with van der Waals surface area (Å²) in [7, 11) is -4.15. The Balaban J connectivity index is 2.32. The van der Waals surface area contributed by atoms with Crippen molar-refractivity contribution in [3.05, 3.63) is 11.8 Å². The highest BCUT2D eigenvalue weighted by atomic mass is 32.2. The van der Waals surface area contributed by atoms with Crippen molar-refractivity contribution in [3.63, 3.8) is 0 Å². The Morgan fingerprint density at radius 3 is 2.71 bits per heavy atom. The van der Waals surface area contributed by atoms with E-state index in [9.17, 15) is 18.0 Å². The van der Waals surface area contributed by atoms with Crippen LogP contribution in [0.25, 0.3) is 0 Å². The predicted octanol–water partition coefficient (Wildman–Crippen LogP) is -0.176. The van der Waals surface area contributed by atoms with E-state index >= 15 is 0 Å². The number of H-pyrrole nitrogens is 1. The summed E-state index contributed by atoms with van der Waals surface area (Å²) in [5.74, 6) is -2.08. The van der Waals surface area contributed by atoms with Crippen LogP contribution in [0.2, 0.25) is 0 Å². The van der Waals surface area contributed by atoms with Crippen LogP contribution in [0.5, 0.6) is 0 Å². The second-order valence-corrected chi connectivity index (χ2v) is 6.33. The van der Waals surface area contributed by atoms with Gasteiger partial charge in [-0.2, -0.15) is 9.40 Å². The number of carbonyl (C=O) groups excluding carboxylic acids is 1. The lowest BCUT2D eigenvalue weighted by atomic mass is 10.4. The van der Waals surface area contributed by atoms with Gasteiger partial charge in [-0.15, -0.1) is 0 Å². The summed E-state index contributed by atoms with van der Waals surface area (Å²) in [5, 5.41) is 14.1. The third kappa shape index (κ3) is 3.22. The highest BCUT2D eigenvalue weighted by Gasteiger charge is 2.42. The number of hydrogen-bond donors (Lipinski definition) is 2. The number of nitrogens with zero attached hydrogens (tertiary/aromatic N) is 2. The fourth-order valence-corrected chi connectivity index (χ4v) is 3.55. The number of sulfonamides is 1. The smallest absolute Gasteiger partial charge is 0.340 e. The van der Waals surface area contributed by atoms with Crippen molar-refractivity contribution < 1.29 is 27.9 Å². The molecule has 0 unspecified atom stereocenters. The molecule has 10 heteroatoms. The average molecular weight is 317 g/mol. The molecule has 0 spiro atoms. The molecule has 0 aliphatic heterocycles. The topological polar surface area (TPSA) is 130 Å². The second kappa shape index (κ2) is 5.82. The van der Waals surface area contributed by atoms with E-state index in [0.717, 1.165) is 10.5 Å². The van der Waals surface area contributed by atoms with E-state index in [-0.39, 0.29) is 12.6 Å². The van der Waals surface area contributed by atoms with Gasteiger partial charge in [0, 0.05) is 6.04 Å². The van der Waals surface area contributed by atoms with Crippen molar-refractivity contribution in [2.45, 2.75) is 30.8 Å². The molecule has 2 rings (SSSR count). The minimum absolute atomic E-state index is 0.141. The lowest BCUT2D eigenvalue weighted by molar-refractivity contribution is -0.143. The molecule has 2 N–H and O–H groups in total. The molecule has 1 aromatic rings. The lowest BCUT2D eigenvalue weighted by Gasteiger charge is -2.20. The minimum Gasteiger partial charge on any atom is -0.478 e. The van der Waals surface area contributed by atoms with Gasteiger partial charge in [-0.3, -0.25) is 9.89 Å². The van der Waals surface area contributed by atoms with E-state index in [2.05, 4.69) is 10.2 Å². The summed E-state index contributed by atoms with van der Waals surface area (Å²) >= 11 is 0. The molecule has 0 saturated heterocycles. The molecule has 1 aliphatic carbocycles. The first-order valence-corrected chi connectivity index (χ1v) is 7.76. The van der Waals surface area contributed by atoms with Gasteiger partial charge in [0.15, 0.2) is 5.03 Å². The van der Waals surface area contributed by atoms with Crippen LogP contribution in [0, 0.1) is 0 Å². The maximum absolute atomic E-state index is 12.5. The van der Waals surface area contributed by atoms with Gasteiger partial charge in [-0.05, 0) is 19.8 Å². The molecule has 1 heterocycles. The molecule has 0 radical (unpaired) electrons. The summed E-state index contributed by atoms with van der Waals surface area (Å²) in [5.41, 5.74) is -0.454. The first-order valence-electron chi connectivity index (χ1n) is 6.32. The maximum Gasteiger partial charge on any atom is 0.340 e. The first-order chi connectivity index (χ1) is 9.87. The first kappa shape index (κ1) is 15.4. The van der Waals surface area contributed by atoms with E-state index in [1.165, 1.54) is 0 Å². The number of carboxylic acids is 1. The Hall–Kier alpha value is -1.94. The number of rotatable bonds is 7. The van der Waals surface area contributed by atoms with Crippen molar-refractivity contribution in [3.8, 4) is 0 Å². The number of aromatic amines is 1. The van der Waals surface area contributed by atoms with Crippen LogP contribution < -0.4 is 0 Å². The summed E-state index contributed by atoms with van der Waals surface area (Å²) in [4.78, 5) is 22.6. The van der Waals surface area contributed by atoms with Crippen molar-refractivity contribution >= 4 is 22.0 Å². The number of carboxylic acid groups (broad SMARTS) is 1. The Morgan fingerprint density at radius 1 is 1.52 bits per heavy atom. The molecule has 116 valence electrons. The summed E-state index contributed by atoms with van der Waals surface area (Å²) < 4.78 is 30.8. The van der Waals surface area contributed by atoms with E-state index < -0.39 is 39.1 Å². The third-order valence-electron chi connectivity index (χ3n) is 2.95. The van der Waals surface area contributed by atoms with Gasteiger partial charge in [0.25, 0.3) is 10.0 Å². The second-order valence-electron chi connectivity index (χ2n) is 4.50. The fourth-order valence-electron chi connectivity index (χ4n) is 1.85. The molecule has 9 nitrogen and oxygen atoms in total. The zero-order chi connectivity index (χ0) is 15.6. The van der Waals surface area contributed by atoms with E-state index in [1.807, 2.05) is 0 Å². The number of nitrogens with one attached hydrogen (secondary N) is 1. The SMILES string of the molecule is CCOC(=O)CN(C1CC1)S(=O)(=O)c1[nH]ncc1C(=O)O. The predicted molar refractivity (Wildman–Crippen MR) is 69.1 cm³/mol. The Bertz CT molecular complexity index is 649. The molecular formula is C11H15N3O6S. The zero-order valence-corrected chi connectivity index (χ0v) is 12.1. The van der Waals surface area contributed by atoms with Crippen molar-refractivity contribution in [2.24, 2.45) is 0 Å².